The molecular formula is C11H20N2O3. The van der Waals surface area contributed by atoms with E-state index in [1.54, 1.807) is 11.8 Å². The first-order valence-electron chi connectivity index (χ1n) is 5.90. The van der Waals surface area contributed by atoms with Crippen LogP contribution in [-0.2, 0) is 9.59 Å². The van der Waals surface area contributed by atoms with Crippen LogP contribution in [0.3, 0.4) is 0 Å². The van der Waals surface area contributed by atoms with Crippen molar-refractivity contribution in [3.05, 3.63) is 0 Å². The van der Waals surface area contributed by atoms with Gasteiger partial charge in [-0.05, 0) is 32.6 Å². The van der Waals surface area contributed by atoms with Crippen molar-refractivity contribution < 1.29 is 14.7 Å². The molecule has 1 saturated heterocycles. The lowest BCUT2D eigenvalue weighted by molar-refractivity contribution is -0.148. The standard InChI is InChI=1S/C11H20N2O3/c1-2-12-10(15)11(16)13-7-4-3-5-9(13)6-8-14/h9,14H,2-8H2,1H3,(H,12,15). The number of carbonyl (C=O) groups is 2. The molecule has 2 N–H and O–H groups in total. The number of likely N-dealkylation sites (N-methyl/N-ethyl adjacent to an activating group) is 1. The van der Waals surface area contributed by atoms with Crippen LogP contribution in [0.5, 0.6) is 0 Å². The summed E-state index contributed by atoms with van der Waals surface area (Å²) in [7, 11) is 0. The number of carbonyl (C=O) groups excluding carboxylic acids is 2. The lowest BCUT2D eigenvalue weighted by Gasteiger charge is -2.34. The molecule has 1 unspecified atom stereocenters. The van der Waals surface area contributed by atoms with Crippen LogP contribution < -0.4 is 5.32 Å². The number of piperidine rings is 1. The molecule has 1 fully saturated rings. The molecule has 0 aromatic carbocycles. The second-order valence-corrected chi connectivity index (χ2v) is 4.02. The average Bonchev–Trinajstić information content (AvgIpc) is 2.29. The third kappa shape index (κ3) is 3.20. The average molecular weight is 228 g/mol. The fraction of sp³-hybridized carbons (Fsp3) is 0.818. The van der Waals surface area contributed by atoms with Gasteiger partial charge in [-0.15, -0.1) is 0 Å². The minimum Gasteiger partial charge on any atom is -0.396 e. The molecule has 0 aromatic rings. The maximum Gasteiger partial charge on any atom is 0.312 e. The summed E-state index contributed by atoms with van der Waals surface area (Å²) in [5.74, 6) is -0.993. The number of amides is 2. The Bertz CT molecular complexity index is 254. The van der Waals surface area contributed by atoms with Gasteiger partial charge in [0.2, 0.25) is 0 Å². The summed E-state index contributed by atoms with van der Waals surface area (Å²) < 4.78 is 0. The molecule has 2 amide bonds. The van der Waals surface area contributed by atoms with E-state index in [1.165, 1.54) is 0 Å². The molecule has 16 heavy (non-hydrogen) atoms. The van der Waals surface area contributed by atoms with Crippen LogP contribution in [0, 0.1) is 0 Å². The minimum absolute atomic E-state index is 0.0221. The highest BCUT2D eigenvalue weighted by Crippen LogP contribution is 2.19. The van der Waals surface area contributed by atoms with E-state index < -0.39 is 11.8 Å². The molecule has 1 aliphatic rings. The van der Waals surface area contributed by atoms with Crippen LogP contribution in [0.4, 0.5) is 0 Å². The number of aliphatic hydroxyl groups is 1. The van der Waals surface area contributed by atoms with E-state index in [0.29, 0.717) is 19.5 Å². The predicted octanol–water partition coefficient (Wildman–Crippen LogP) is -0.114. The van der Waals surface area contributed by atoms with E-state index in [2.05, 4.69) is 5.32 Å². The van der Waals surface area contributed by atoms with Crippen molar-refractivity contribution in [1.82, 2.24) is 10.2 Å². The van der Waals surface area contributed by atoms with E-state index in [9.17, 15) is 9.59 Å². The monoisotopic (exact) mass is 228 g/mol. The number of nitrogens with zero attached hydrogens (tertiary/aromatic N) is 1. The molecule has 0 bridgehead atoms. The summed E-state index contributed by atoms with van der Waals surface area (Å²) in [6.45, 7) is 2.93. The van der Waals surface area contributed by atoms with Crippen molar-refractivity contribution in [1.29, 1.82) is 0 Å². The van der Waals surface area contributed by atoms with E-state index in [1.807, 2.05) is 0 Å². The van der Waals surface area contributed by atoms with Crippen molar-refractivity contribution in [2.75, 3.05) is 19.7 Å². The Morgan fingerprint density at radius 3 is 2.81 bits per heavy atom. The van der Waals surface area contributed by atoms with Gasteiger partial charge in [0.15, 0.2) is 0 Å². The summed E-state index contributed by atoms with van der Waals surface area (Å²) >= 11 is 0. The maximum absolute atomic E-state index is 11.8. The summed E-state index contributed by atoms with van der Waals surface area (Å²) in [4.78, 5) is 24.8. The van der Waals surface area contributed by atoms with Crippen LogP contribution in [0.25, 0.3) is 0 Å². The van der Waals surface area contributed by atoms with Crippen LogP contribution in [0.15, 0.2) is 0 Å². The largest absolute Gasteiger partial charge is 0.396 e. The SMILES string of the molecule is CCNC(=O)C(=O)N1CCCCC1CCO. The van der Waals surface area contributed by atoms with Gasteiger partial charge in [-0.2, -0.15) is 0 Å². The van der Waals surface area contributed by atoms with Gasteiger partial charge in [-0.1, -0.05) is 0 Å². The highest BCUT2D eigenvalue weighted by molar-refractivity contribution is 6.35. The minimum atomic E-state index is -0.535. The molecule has 5 nitrogen and oxygen atoms in total. The molecule has 1 aliphatic heterocycles. The summed E-state index contributed by atoms with van der Waals surface area (Å²) in [6.07, 6.45) is 3.44. The molecule has 1 atom stereocenters. The zero-order valence-electron chi connectivity index (χ0n) is 9.74. The summed E-state index contributed by atoms with van der Waals surface area (Å²) in [6, 6.07) is 0.0221. The van der Waals surface area contributed by atoms with Crippen LogP contribution in [0.2, 0.25) is 0 Å². The molecule has 92 valence electrons. The van der Waals surface area contributed by atoms with Gasteiger partial charge in [0.1, 0.15) is 0 Å². The molecule has 0 radical (unpaired) electrons. The van der Waals surface area contributed by atoms with Crippen molar-refractivity contribution in [2.45, 2.75) is 38.6 Å². The van der Waals surface area contributed by atoms with Gasteiger partial charge in [0, 0.05) is 25.7 Å². The van der Waals surface area contributed by atoms with Crippen LogP contribution in [-0.4, -0.2) is 47.6 Å². The van der Waals surface area contributed by atoms with Gasteiger partial charge in [0.05, 0.1) is 0 Å². The van der Waals surface area contributed by atoms with Gasteiger partial charge in [-0.25, -0.2) is 0 Å². The molecule has 0 spiro atoms. The number of hydrogen-bond donors (Lipinski definition) is 2. The third-order valence-electron chi connectivity index (χ3n) is 2.88. The Labute approximate surface area is 95.8 Å². The molecule has 5 heteroatoms. The zero-order chi connectivity index (χ0) is 12.0. The fourth-order valence-electron chi connectivity index (χ4n) is 2.08. The van der Waals surface area contributed by atoms with Crippen molar-refractivity contribution in [3.63, 3.8) is 0 Å². The Morgan fingerprint density at radius 2 is 2.19 bits per heavy atom. The number of aliphatic hydroxyl groups excluding tert-OH is 1. The third-order valence-corrected chi connectivity index (χ3v) is 2.88. The van der Waals surface area contributed by atoms with Gasteiger partial charge >= 0.3 is 11.8 Å². The van der Waals surface area contributed by atoms with Crippen molar-refractivity contribution >= 4 is 11.8 Å². The molecular weight excluding hydrogens is 208 g/mol. The van der Waals surface area contributed by atoms with E-state index >= 15 is 0 Å². The fourth-order valence-corrected chi connectivity index (χ4v) is 2.08. The maximum atomic E-state index is 11.8. The Balaban J connectivity index is 2.59. The molecule has 1 rings (SSSR count). The number of hydrogen-bond acceptors (Lipinski definition) is 3. The smallest absolute Gasteiger partial charge is 0.312 e. The molecule has 0 aliphatic carbocycles. The lowest BCUT2D eigenvalue weighted by atomic mass is 9.99. The van der Waals surface area contributed by atoms with Crippen molar-refractivity contribution in [2.24, 2.45) is 0 Å². The van der Waals surface area contributed by atoms with Crippen LogP contribution >= 0.6 is 0 Å². The first-order valence-corrected chi connectivity index (χ1v) is 5.90. The number of rotatable bonds is 3. The second-order valence-electron chi connectivity index (χ2n) is 4.02. The lowest BCUT2D eigenvalue weighted by Crippen LogP contribution is -2.50. The van der Waals surface area contributed by atoms with Gasteiger partial charge in [0.25, 0.3) is 0 Å². The number of nitrogens with one attached hydrogen (secondary N) is 1. The van der Waals surface area contributed by atoms with Gasteiger partial charge in [-0.3, -0.25) is 9.59 Å². The molecule has 1 heterocycles. The number of likely N-dealkylation sites (tertiary alicyclic amines) is 1. The first kappa shape index (κ1) is 13.0. The van der Waals surface area contributed by atoms with Crippen molar-refractivity contribution in [3.8, 4) is 0 Å². The highest BCUT2D eigenvalue weighted by Gasteiger charge is 2.29. The predicted molar refractivity (Wildman–Crippen MR) is 59.7 cm³/mol. The molecule has 0 saturated carbocycles. The normalized spacial score (nSPS) is 20.6. The Kier molecular flexibility index (Phi) is 5.25. The Hall–Kier alpha value is -1.10. The van der Waals surface area contributed by atoms with E-state index in [4.69, 9.17) is 5.11 Å². The van der Waals surface area contributed by atoms with Crippen LogP contribution in [0.1, 0.15) is 32.6 Å². The summed E-state index contributed by atoms with van der Waals surface area (Å²) in [5.41, 5.74) is 0. The second kappa shape index (κ2) is 6.48. The quantitative estimate of drug-likeness (QED) is 0.662. The molecule has 0 aromatic heterocycles. The summed E-state index contributed by atoms with van der Waals surface area (Å²) in [5, 5.41) is 11.4. The Morgan fingerprint density at radius 1 is 1.44 bits per heavy atom. The first-order chi connectivity index (χ1) is 7.70. The van der Waals surface area contributed by atoms with Gasteiger partial charge < -0.3 is 15.3 Å². The topological polar surface area (TPSA) is 69.6 Å². The zero-order valence-corrected chi connectivity index (χ0v) is 9.74. The highest BCUT2D eigenvalue weighted by atomic mass is 16.3. The van der Waals surface area contributed by atoms with E-state index in [-0.39, 0.29) is 12.6 Å². The van der Waals surface area contributed by atoms with E-state index in [0.717, 1.165) is 19.3 Å².